The second-order valence-electron chi connectivity index (χ2n) is 12.3. The fourth-order valence-electron chi connectivity index (χ4n) is 7.57. The predicted molar refractivity (Wildman–Crippen MR) is 163 cm³/mol. The first-order chi connectivity index (χ1) is 20.8. The van der Waals surface area contributed by atoms with E-state index < -0.39 is 36.4 Å². The molecule has 1 N–H and O–H groups in total. The maximum atomic E-state index is 14.2. The molecule has 1 heterocycles. The Labute approximate surface area is 252 Å². The molecule has 222 valence electrons. The summed E-state index contributed by atoms with van der Waals surface area (Å²) in [5, 5.41) is 2.92. The van der Waals surface area contributed by atoms with Gasteiger partial charge < -0.3 is 10.1 Å². The minimum atomic E-state index is -1.10. The van der Waals surface area contributed by atoms with Crippen LogP contribution in [-0.2, 0) is 36.8 Å². The Morgan fingerprint density at radius 3 is 1.65 bits per heavy atom. The summed E-state index contributed by atoms with van der Waals surface area (Å²) in [7, 11) is 0. The molecule has 0 saturated carbocycles. The Balaban J connectivity index is 1.26. The molecule has 4 aliphatic rings. The number of hydrogen-bond acceptors (Lipinski definition) is 5. The first-order valence-corrected chi connectivity index (χ1v) is 15.4. The Hall–Kier alpha value is -4.26. The van der Waals surface area contributed by atoms with Crippen molar-refractivity contribution in [2.45, 2.75) is 64.8 Å². The summed E-state index contributed by atoms with van der Waals surface area (Å²) < 4.78 is 5.54. The van der Waals surface area contributed by atoms with Crippen molar-refractivity contribution < 1.29 is 23.9 Å². The first-order valence-electron chi connectivity index (χ1n) is 15.4. The minimum absolute atomic E-state index is 0.00395. The third kappa shape index (κ3) is 4.75. The number of amides is 3. The molecular formula is C36H38N2O5. The molecule has 0 aromatic heterocycles. The number of likely N-dealkylation sites (tertiary alicyclic amines) is 1. The number of imide groups is 1. The van der Waals surface area contributed by atoms with E-state index in [0.717, 1.165) is 51.9 Å². The van der Waals surface area contributed by atoms with E-state index >= 15 is 0 Å². The second kappa shape index (κ2) is 11.4. The van der Waals surface area contributed by atoms with Crippen LogP contribution in [0, 0.1) is 17.8 Å². The minimum Gasteiger partial charge on any atom is -0.454 e. The van der Waals surface area contributed by atoms with E-state index in [-0.39, 0.29) is 36.0 Å². The summed E-state index contributed by atoms with van der Waals surface area (Å²) >= 11 is 0. The molecule has 1 aliphatic heterocycles. The number of hydrogen-bond donors (Lipinski definition) is 1. The fraction of sp³-hybridized carbons (Fsp3) is 0.389. The van der Waals surface area contributed by atoms with Crippen LogP contribution in [-0.4, -0.2) is 41.2 Å². The number of para-hydroxylation sites is 1. The molecule has 7 heteroatoms. The van der Waals surface area contributed by atoms with Gasteiger partial charge in [0, 0.05) is 17.5 Å². The number of ether oxygens (including phenoxy) is 1. The highest BCUT2D eigenvalue weighted by molar-refractivity contribution is 6.10. The summed E-state index contributed by atoms with van der Waals surface area (Å²) in [5.74, 6) is -3.50. The van der Waals surface area contributed by atoms with Crippen LogP contribution in [0.1, 0.15) is 79.3 Å². The van der Waals surface area contributed by atoms with E-state index in [2.05, 4.69) is 29.6 Å². The molecule has 3 aliphatic carbocycles. The zero-order valence-corrected chi connectivity index (χ0v) is 25.1. The quantitative estimate of drug-likeness (QED) is 0.264. The largest absolute Gasteiger partial charge is 0.454 e. The molecule has 3 atom stereocenters. The van der Waals surface area contributed by atoms with Gasteiger partial charge in [0.05, 0.1) is 11.8 Å². The van der Waals surface area contributed by atoms with E-state index in [1.807, 2.05) is 70.2 Å². The molecule has 1 fully saturated rings. The SMILES string of the molecule is CCc1cccc(CC)c1NC(=O)COC(=O)[C@@H](CC(C)C)N1C(=O)[C@@H]2C3c4ccccc4C(c4ccccc43)[C@@H]2C1=O. The Bertz CT molecular complexity index is 1470. The smallest absolute Gasteiger partial charge is 0.329 e. The molecule has 7 rings (SSSR count). The van der Waals surface area contributed by atoms with Gasteiger partial charge in [0.2, 0.25) is 11.8 Å². The molecule has 7 nitrogen and oxygen atoms in total. The molecule has 2 bridgehead atoms. The number of esters is 1. The average molecular weight is 579 g/mol. The molecule has 3 aromatic carbocycles. The van der Waals surface area contributed by atoms with Gasteiger partial charge in [-0.15, -0.1) is 0 Å². The summed E-state index contributed by atoms with van der Waals surface area (Å²) in [4.78, 5) is 56.2. The maximum absolute atomic E-state index is 14.2. The van der Waals surface area contributed by atoms with E-state index in [1.54, 1.807) is 0 Å². The fourth-order valence-corrected chi connectivity index (χ4v) is 7.57. The second-order valence-corrected chi connectivity index (χ2v) is 12.3. The lowest BCUT2D eigenvalue weighted by atomic mass is 9.55. The highest BCUT2D eigenvalue weighted by Crippen LogP contribution is 2.61. The van der Waals surface area contributed by atoms with Gasteiger partial charge in [-0.05, 0) is 58.6 Å². The number of carbonyl (C=O) groups excluding carboxylic acids is 4. The van der Waals surface area contributed by atoms with Crippen molar-refractivity contribution in [1.29, 1.82) is 0 Å². The van der Waals surface area contributed by atoms with Crippen molar-refractivity contribution in [2.75, 3.05) is 11.9 Å². The van der Waals surface area contributed by atoms with E-state index in [0.29, 0.717) is 0 Å². The maximum Gasteiger partial charge on any atom is 0.329 e. The third-order valence-electron chi connectivity index (χ3n) is 9.37. The topological polar surface area (TPSA) is 92.8 Å². The van der Waals surface area contributed by atoms with Gasteiger partial charge in [0.1, 0.15) is 6.04 Å². The standard InChI is InChI=1S/C36H38N2O5/c1-5-21-12-11-13-22(6-2)33(21)37-28(39)19-43-36(42)27(18-20(3)4)38-34(40)31-29-23-14-7-8-15-24(23)30(32(31)35(38)41)26-17-10-9-16-25(26)29/h7-17,20,27,29-32H,5-6,18-19H2,1-4H3,(H,37,39)/t27-,29?,30?,31-,32+/m1/s1. The molecule has 3 amide bonds. The van der Waals surface area contributed by atoms with Crippen molar-refractivity contribution in [1.82, 2.24) is 4.90 Å². The number of benzene rings is 3. The van der Waals surface area contributed by atoms with Gasteiger partial charge in [-0.2, -0.15) is 0 Å². The van der Waals surface area contributed by atoms with E-state index in [1.165, 1.54) is 4.90 Å². The number of aryl methyl sites for hydroxylation is 2. The van der Waals surface area contributed by atoms with Crippen LogP contribution < -0.4 is 5.32 Å². The number of anilines is 1. The Morgan fingerprint density at radius 2 is 1.23 bits per heavy atom. The number of carbonyl (C=O) groups is 4. The third-order valence-corrected chi connectivity index (χ3v) is 9.37. The van der Waals surface area contributed by atoms with Crippen LogP contribution >= 0.6 is 0 Å². The van der Waals surface area contributed by atoms with Crippen LogP contribution in [0.5, 0.6) is 0 Å². The number of rotatable bonds is 9. The molecule has 3 aromatic rings. The van der Waals surface area contributed by atoms with Crippen molar-refractivity contribution in [2.24, 2.45) is 17.8 Å². The summed E-state index contributed by atoms with van der Waals surface area (Å²) in [6, 6.07) is 20.9. The van der Waals surface area contributed by atoms with E-state index in [9.17, 15) is 19.2 Å². The molecular weight excluding hydrogens is 540 g/mol. The number of nitrogens with one attached hydrogen (secondary N) is 1. The van der Waals surface area contributed by atoms with Crippen LogP contribution in [0.25, 0.3) is 0 Å². The lowest BCUT2D eigenvalue weighted by Crippen LogP contribution is -2.47. The van der Waals surface area contributed by atoms with Crippen LogP contribution in [0.2, 0.25) is 0 Å². The lowest BCUT2D eigenvalue weighted by Gasteiger charge is -2.45. The predicted octanol–water partition coefficient (Wildman–Crippen LogP) is 5.60. The van der Waals surface area contributed by atoms with Crippen molar-refractivity contribution in [3.05, 3.63) is 100 Å². The molecule has 1 saturated heterocycles. The van der Waals surface area contributed by atoms with Gasteiger partial charge >= 0.3 is 5.97 Å². The lowest BCUT2D eigenvalue weighted by molar-refractivity contribution is -0.160. The molecule has 0 spiro atoms. The molecule has 43 heavy (non-hydrogen) atoms. The van der Waals surface area contributed by atoms with Crippen LogP contribution in [0.15, 0.2) is 66.7 Å². The number of nitrogens with zero attached hydrogens (tertiary/aromatic N) is 1. The van der Waals surface area contributed by atoms with E-state index in [4.69, 9.17) is 4.74 Å². The zero-order valence-electron chi connectivity index (χ0n) is 25.1. The summed E-state index contributed by atoms with van der Waals surface area (Å²) in [5.41, 5.74) is 7.06. The van der Waals surface area contributed by atoms with Crippen molar-refractivity contribution in [3.63, 3.8) is 0 Å². The molecule has 0 unspecified atom stereocenters. The van der Waals surface area contributed by atoms with Gasteiger partial charge in [0.15, 0.2) is 6.61 Å². The van der Waals surface area contributed by atoms with Crippen LogP contribution in [0.4, 0.5) is 5.69 Å². The zero-order chi connectivity index (χ0) is 30.4. The Morgan fingerprint density at radius 1 is 0.767 bits per heavy atom. The van der Waals surface area contributed by atoms with Crippen molar-refractivity contribution in [3.8, 4) is 0 Å². The van der Waals surface area contributed by atoms with Gasteiger partial charge in [0.25, 0.3) is 5.91 Å². The highest BCUT2D eigenvalue weighted by atomic mass is 16.5. The van der Waals surface area contributed by atoms with Crippen molar-refractivity contribution >= 4 is 29.4 Å². The van der Waals surface area contributed by atoms with Gasteiger partial charge in [-0.1, -0.05) is 94.4 Å². The Kier molecular flexibility index (Phi) is 7.67. The monoisotopic (exact) mass is 578 g/mol. The first kappa shape index (κ1) is 28.8. The highest BCUT2D eigenvalue weighted by Gasteiger charge is 2.63. The van der Waals surface area contributed by atoms with Crippen LogP contribution in [0.3, 0.4) is 0 Å². The normalized spacial score (nSPS) is 22.2. The molecule has 0 radical (unpaired) electrons. The van der Waals surface area contributed by atoms with Gasteiger partial charge in [-0.25, -0.2) is 4.79 Å². The summed E-state index contributed by atoms with van der Waals surface area (Å²) in [6.45, 7) is 7.42. The van der Waals surface area contributed by atoms with Gasteiger partial charge in [-0.3, -0.25) is 19.3 Å². The summed E-state index contributed by atoms with van der Waals surface area (Å²) in [6.07, 6.45) is 1.75. The average Bonchev–Trinajstić information content (AvgIpc) is 3.28.